The number of aromatic nitrogens is 1. The third kappa shape index (κ3) is 3.79. The summed E-state index contributed by atoms with van der Waals surface area (Å²) in [6.07, 6.45) is 5.49. The van der Waals surface area contributed by atoms with E-state index in [2.05, 4.69) is 42.5 Å². The Labute approximate surface area is 180 Å². The first-order chi connectivity index (χ1) is 14.5. The zero-order valence-electron chi connectivity index (χ0n) is 17.4. The molecule has 0 spiro atoms. The van der Waals surface area contributed by atoms with Gasteiger partial charge in [0.15, 0.2) is 0 Å². The molecule has 30 heavy (non-hydrogen) atoms. The highest BCUT2D eigenvalue weighted by atomic mass is 32.2. The van der Waals surface area contributed by atoms with Crippen molar-refractivity contribution in [2.45, 2.75) is 37.6 Å². The number of aryl methyl sites for hydroxylation is 1. The molecule has 1 atom stereocenters. The van der Waals surface area contributed by atoms with Crippen LogP contribution in [0.2, 0.25) is 0 Å². The second kappa shape index (κ2) is 8.48. The van der Waals surface area contributed by atoms with Gasteiger partial charge >= 0.3 is 0 Å². The van der Waals surface area contributed by atoms with Crippen LogP contribution in [0.1, 0.15) is 46.0 Å². The van der Waals surface area contributed by atoms with Crippen molar-refractivity contribution in [1.82, 2.24) is 9.88 Å². The Bertz CT molecular complexity index is 1090. The maximum Gasteiger partial charge on any atom is 0.261 e. The SMILES string of the molecule is CSc1cc(NC(C)CCCN2C(=O)c3ccccc3C2=O)c2nccc(C)c2c1. The predicted molar refractivity (Wildman–Crippen MR) is 122 cm³/mol. The van der Waals surface area contributed by atoms with Crippen LogP contribution in [0.5, 0.6) is 0 Å². The minimum absolute atomic E-state index is 0.183. The molecule has 0 saturated heterocycles. The van der Waals surface area contributed by atoms with Crippen molar-refractivity contribution < 1.29 is 9.59 Å². The molecule has 2 aromatic carbocycles. The highest BCUT2D eigenvalue weighted by Crippen LogP contribution is 2.31. The number of carbonyl (C=O) groups excluding carboxylic acids is 2. The molecule has 1 N–H and O–H groups in total. The number of amides is 2. The van der Waals surface area contributed by atoms with E-state index in [-0.39, 0.29) is 17.9 Å². The van der Waals surface area contributed by atoms with Crippen molar-refractivity contribution in [2.75, 3.05) is 18.1 Å². The Morgan fingerprint density at radius 1 is 1.10 bits per heavy atom. The molecule has 0 fully saturated rings. The van der Waals surface area contributed by atoms with Gasteiger partial charge in [-0.2, -0.15) is 0 Å². The first kappa shape index (κ1) is 20.4. The molecule has 0 aliphatic carbocycles. The number of hydrogen-bond donors (Lipinski definition) is 1. The fraction of sp³-hybridized carbons (Fsp3) is 0.292. The van der Waals surface area contributed by atoms with Gasteiger partial charge in [-0.3, -0.25) is 19.5 Å². The number of carbonyl (C=O) groups is 2. The van der Waals surface area contributed by atoms with E-state index in [1.165, 1.54) is 15.4 Å². The monoisotopic (exact) mass is 419 g/mol. The van der Waals surface area contributed by atoms with E-state index in [0.29, 0.717) is 17.7 Å². The maximum absolute atomic E-state index is 12.5. The van der Waals surface area contributed by atoms with Gasteiger partial charge < -0.3 is 5.32 Å². The summed E-state index contributed by atoms with van der Waals surface area (Å²) in [6.45, 7) is 4.65. The van der Waals surface area contributed by atoms with Gasteiger partial charge in [-0.15, -0.1) is 11.8 Å². The van der Waals surface area contributed by atoms with Crippen LogP contribution in [0.3, 0.4) is 0 Å². The van der Waals surface area contributed by atoms with Crippen molar-refractivity contribution in [1.29, 1.82) is 0 Å². The van der Waals surface area contributed by atoms with Crippen LogP contribution >= 0.6 is 11.8 Å². The van der Waals surface area contributed by atoms with Gasteiger partial charge in [-0.1, -0.05) is 12.1 Å². The van der Waals surface area contributed by atoms with E-state index in [1.54, 1.807) is 36.0 Å². The molecule has 1 aliphatic heterocycles. The van der Waals surface area contributed by atoms with Crippen LogP contribution in [-0.2, 0) is 0 Å². The van der Waals surface area contributed by atoms with Gasteiger partial charge in [0.1, 0.15) is 0 Å². The summed E-state index contributed by atoms with van der Waals surface area (Å²) >= 11 is 1.71. The van der Waals surface area contributed by atoms with Crippen LogP contribution in [-0.4, -0.2) is 40.5 Å². The number of rotatable bonds is 7. The summed E-state index contributed by atoms with van der Waals surface area (Å²) in [5.74, 6) is -0.371. The minimum atomic E-state index is -0.186. The molecular weight excluding hydrogens is 394 g/mol. The fourth-order valence-corrected chi connectivity index (χ4v) is 4.40. The quantitative estimate of drug-likeness (QED) is 0.424. The predicted octanol–water partition coefficient (Wildman–Crippen LogP) is 5.14. The van der Waals surface area contributed by atoms with E-state index in [4.69, 9.17) is 0 Å². The van der Waals surface area contributed by atoms with Gasteiger partial charge in [0.25, 0.3) is 11.8 Å². The lowest BCUT2D eigenvalue weighted by Gasteiger charge is -2.19. The number of anilines is 1. The van der Waals surface area contributed by atoms with E-state index >= 15 is 0 Å². The van der Waals surface area contributed by atoms with Gasteiger partial charge in [0, 0.05) is 29.1 Å². The number of fused-ring (bicyclic) bond motifs is 2. The molecule has 4 rings (SSSR count). The normalized spacial score (nSPS) is 14.3. The number of imide groups is 1. The third-order valence-electron chi connectivity index (χ3n) is 5.57. The molecule has 154 valence electrons. The average molecular weight is 420 g/mol. The second-order valence-electron chi connectivity index (χ2n) is 7.69. The molecule has 6 heteroatoms. The number of hydrogen-bond acceptors (Lipinski definition) is 5. The zero-order chi connectivity index (χ0) is 21.3. The number of nitrogens with one attached hydrogen (secondary N) is 1. The van der Waals surface area contributed by atoms with Crippen molar-refractivity contribution >= 4 is 40.2 Å². The van der Waals surface area contributed by atoms with Crippen LogP contribution in [0.15, 0.2) is 53.6 Å². The van der Waals surface area contributed by atoms with Crippen molar-refractivity contribution in [2.24, 2.45) is 0 Å². The Morgan fingerprint density at radius 2 is 1.80 bits per heavy atom. The number of benzene rings is 2. The fourth-order valence-electron chi connectivity index (χ4n) is 3.92. The number of thioether (sulfide) groups is 1. The molecule has 1 aromatic heterocycles. The maximum atomic E-state index is 12.5. The molecule has 1 aliphatic rings. The average Bonchev–Trinajstić information content (AvgIpc) is 2.99. The van der Waals surface area contributed by atoms with Crippen LogP contribution in [0.4, 0.5) is 5.69 Å². The van der Waals surface area contributed by atoms with Crippen LogP contribution < -0.4 is 5.32 Å². The second-order valence-corrected chi connectivity index (χ2v) is 8.57. The lowest BCUT2D eigenvalue weighted by atomic mass is 10.1. The van der Waals surface area contributed by atoms with Crippen LogP contribution in [0, 0.1) is 6.92 Å². The van der Waals surface area contributed by atoms with Gasteiger partial charge in [-0.05, 0) is 68.8 Å². The van der Waals surface area contributed by atoms with Crippen molar-refractivity contribution in [3.05, 3.63) is 65.4 Å². The molecule has 2 heterocycles. The van der Waals surface area contributed by atoms with Crippen molar-refractivity contribution in [3.63, 3.8) is 0 Å². The summed E-state index contributed by atoms with van der Waals surface area (Å²) in [6, 6.07) is 13.6. The summed E-state index contributed by atoms with van der Waals surface area (Å²) in [4.78, 5) is 32.2. The summed E-state index contributed by atoms with van der Waals surface area (Å²) in [7, 11) is 0. The molecule has 3 aromatic rings. The number of nitrogens with zero attached hydrogens (tertiary/aromatic N) is 2. The standard InChI is InChI=1S/C24H25N3O2S/c1-15-10-11-25-22-20(15)13-17(30-3)14-21(22)26-16(2)7-6-12-27-23(28)18-8-4-5-9-19(18)24(27)29/h4-5,8-11,13-14,16,26H,6-7,12H2,1-3H3. The lowest BCUT2D eigenvalue weighted by Crippen LogP contribution is -2.31. The van der Waals surface area contributed by atoms with E-state index < -0.39 is 0 Å². The molecular formula is C24H25N3O2S. The largest absolute Gasteiger partial charge is 0.381 e. The minimum Gasteiger partial charge on any atom is -0.381 e. The molecule has 5 nitrogen and oxygen atoms in total. The molecule has 0 radical (unpaired) electrons. The van der Waals surface area contributed by atoms with E-state index in [0.717, 1.165) is 29.4 Å². The smallest absolute Gasteiger partial charge is 0.261 e. The highest BCUT2D eigenvalue weighted by molar-refractivity contribution is 7.98. The molecule has 0 bridgehead atoms. The molecule has 0 saturated carbocycles. The van der Waals surface area contributed by atoms with Crippen LogP contribution in [0.25, 0.3) is 10.9 Å². The summed E-state index contributed by atoms with van der Waals surface area (Å²) < 4.78 is 0. The Kier molecular flexibility index (Phi) is 5.77. The Morgan fingerprint density at radius 3 is 2.47 bits per heavy atom. The van der Waals surface area contributed by atoms with E-state index in [1.807, 2.05) is 12.3 Å². The first-order valence-corrected chi connectivity index (χ1v) is 11.4. The van der Waals surface area contributed by atoms with Gasteiger partial charge in [-0.25, -0.2) is 0 Å². The number of pyridine rings is 1. The summed E-state index contributed by atoms with van der Waals surface area (Å²) in [5, 5.41) is 4.75. The van der Waals surface area contributed by atoms with Gasteiger partial charge in [0.2, 0.25) is 0 Å². The summed E-state index contributed by atoms with van der Waals surface area (Å²) in [5.41, 5.74) is 4.22. The molecule has 1 unspecified atom stereocenters. The lowest BCUT2D eigenvalue weighted by molar-refractivity contribution is 0.0651. The highest BCUT2D eigenvalue weighted by Gasteiger charge is 2.34. The Balaban J connectivity index is 1.42. The topological polar surface area (TPSA) is 62.3 Å². The molecule has 2 amide bonds. The van der Waals surface area contributed by atoms with E-state index in [9.17, 15) is 9.59 Å². The zero-order valence-corrected chi connectivity index (χ0v) is 18.3. The third-order valence-corrected chi connectivity index (χ3v) is 6.28. The Hall–Kier alpha value is -2.86. The first-order valence-electron chi connectivity index (χ1n) is 10.1. The van der Waals surface area contributed by atoms with Crippen molar-refractivity contribution in [3.8, 4) is 0 Å². The van der Waals surface area contributed by atoms with Gasteiger partial charge in [0.05, 0.1) is 22.3 Å².